The summed E-state index contributed by atoms with van der Waals surface area (Å²) in [5.41, 5.74) is 0.992. The highest BCUT2D eigenvalue weighted by Crippen LogP contribution is 2.19. The number of benzene rings is 1. The number of aryl methyl sites for hydroxylation is 1. The Morgan fingerprint density at radius 1 is 1.21 bits per heavy atom. The molecule has 0 unspecified atom stereocenters. The summed E-state index contributed by atoms with van der Waals surface area (Å²) in [5.74, 6) is 0.192. The second-order valence-corrected chi connectivity index (χ2v) is 8.06. The number of rotatable bonds is 7. The number of fused-ring (bicyclic) bond motifs is 1. The monoisotopic (exact) mass is 412 g/mol. The van der Waals surface area contributed by atoms with Crippen LogP contribution in [0.25, 0.3) is 16.7 Å². The highest BCUT2D eigenvalue weighted by molar-refractivity contribution is 7.99. The highest BCUT2D eigenvalue weighted by atomic mass is 32.2. The molecule has 0 radical (unpaired) electrons. The fourth-order valence-electron chi connectivity index (χ4n) is 2.60. The van der Waals surface area contributed by atoms with Crippen LogP contribution in [-0.2, 0) is 17.6 Å². The number of aromatic nitrogens is 6. The van der Waals surface area contributed by atoms with Crippen LogP contribution < -0.4 is 5.56 Å². The molecule has 142 valence electrons. The summed E-state index contributed by atoms with van der Waals surface area (Å²) in [5, 5.41) is 14.7. The zero-order valence-electron chi connectivity index (χ0n) is 15.0. The summed E-state index contributed by atoms with van der Waals surface area (Å²) in [4.78, 5) is 31.8. The van der Waals surface area contributed by atoms with Gasteiger partial charge in [-0.3, -0.25) is 9.59 Å². The average Bonchev–Trinajstić information content (AvgIpc) is 3.34. The van der Waals surface area contributed by atoms with E-state index in [0.717, 1.165) is 17.1 Å². The Kier molecular flexibility index (Phi) is 5.31. The Morgan fingerprint density at radius 3 is 2.75 bits per heavy atom. The molecule has 4 rings (SSSR count). The molecule has 3 aromatic heterocycles. The Morgan fingerprint density at radius 2 is 2.00 bits per heavy atom. The molecule has 0 aliphatic carbocycles. The topological polar surface area (TPSA) is 106 Å². The van der Waals surface area contributed by atoms with Crippen molar-refractivity contribution in [3.05, 3.63) is 56.9 Å². The second-order valence-electron chi connectivity index (χ2n) is 5.95. The fourth-order valence-corrected chi connectivity index (χ4v) is 4.12. The van der Waals surface area contributed by atoms with Gasteiger partial charge in [0.15, 0.2) is 10.8 Å². The van der Waals surface area contributed by atoms with Gasteiger partial charge in [-0.25, -0.2) is 9.67 Å². The number of Topliss-reactive ketones (excluding diaryl/α,β-unsaturated/α-hetero) is 1. The van der Waals surface area contributed by atoms with E-state index >= 15 is 0 Å². The molecule has 10 heteroatoms. The average molecular weight is 413 g/mol. The van der Waals surface area contributed by atoms with E-state index in [9.17, 15) is 9.59 Å². The summed E-state index contributed by atoms with van der Waals surface area (Å²) in [6.45, 7) is 2.00. The third-order valence-corrected chi connectivity index (χ3v) is 5.95. The maximum atomic E-state index is 12.4. The third-order valence-electron chi connectivity index (χ3n) is 3.95. The van der Waals surface area contributed by atoms with E-state index < -0.39 is 0 Å². The lowest BCUT2D eigenvalue weighted by Crippen LogP contribution is -2.11. The molecule has 0 saturated carbocycles. The predicted octanol–water partition coefficient (Wildman–Crippen LogP) is 2.43. The van der Waals surface area contributed by atoms with Gasteiger partial charge in [0.1, 0.15) is 21.2 Å². The minimum absolute atomic E-state index is 0.00289. The van der Waals surface area contributed by atoms with Gasteiger partial charge in [0, 0.05) is 0 Å². The van der Waals surface area contributed by atoms with Crippen LogP contribution in [0.3, 0.4) is 0 Å². The Labute approximate surface area is 168 Å². The normalized spacial score (nSPS) is 11.2. The van der Waals surface area contributed by atoms with E-state index in [0.29, 0.717) is 21.2 Å². The van der Waals surface area contributed by atoms with Gasteiger partial charge in [-0.2, -0.15) is 5.10 Å². The molecule has 0 atom stereocenters. The maximum Gasteiger partial charge on any atom is 0.262 e. The van der Waals surface area contributed by atoms with Crippen LogP contribution in [0.5, 0.6) is 0 Å². The van der Waals surface area contributed by atoms with Gasteiger partial charge in [-0.15, -0.1) is 21.5 Å². The molecule has 8 nitrogen and oxygen atoms in total. The lowest BCUT2D eigenvalue weighted by Gasteiger charge is -2.04. The van der Waals surface area contributed by atoms with Crippen LogP contribution in [0, 0.1) is 0 Å². The number of hydrogen-bond acceptors (Lipinski definition) is 8. The van der Waals surface area contributed by atoms with E-state index in [2.05, 4.69) is 25.3 Å². The van der Waals surface area contributed by atoms with Crippen LogP contribution in [0.2, 0.25) is 0 Å². The Bertz CT molecular complexity index is 1180. The number of aromatic amines is 1. The van der Waals surface area contributed by atoms with Crippen LogP contribution >= 0.6 is 23.1 Å². The summed E-state index contributed by atoms with van der Waals surface area (Å²) in [6, 6.07) is 9.46. The van der Waals surface area contributed by atoms with Gasteiger partial charge in [0.25, 0.3) is 5.56 Å². The van der Waals surface area contributed by atoms with E-state index in [-0.39, 0.29) is 23.5 Å². The number of thioether (sulfide) groups is 1. The SMILES string of the molecule is CCc1nnc(CC(=O)CSc2nc3c(cnn3-c3ccccc3)c(=O)[nH]2)s1. The summed E-state index contributed by atoms with van der Waals surface area (Å²) in [6.07, 6.45) is 2.54. The number of nitrogens with zero attached hydrogens (tertiary/aromatic N) is 5. The van der Waals surface area contributed by atoms with Gasteiger partial charge in [0.05, 0.1) is 24.1 Å². The highest BCUT2D eigenvalue weighted by Gasteiger charge is 2.14. The molecule has 4 aromatic rings. The molecular weight excluding hydrogens is 396 g/mol. The zero-order valence-corrected chi connectivity index (χ0v) is 16.6. The fraction of sp³-hybridized carbons (Fsp3) is 0.222. The van der Waals surface area contributed by atoms with Crippen molar-refractivity contribution in [2.45, 2.75) is 24.9 Å². The van der Waals surface area contributed by atoms with Crippen LogP contribution in [0.1, 0.15) is 16.9 Å². The van der Waals surface area contributed by atoms with Crippen LogP contribution in [-0.4, -0.2) is 41.5 Å². The minimum Gasteiger partial charge on any atom is -0.301 e. The molecule has 0 spiro atoms. The number of para-hydroxylation sites is 1. The van der Waals surface area contributed by atoms with Crippen LogP contribution in [0.15, 0.2) is 46.5 Å². The first kappa shape index (κ1) is 18.5. The quantitative estimate of drug-likeness (QED) is 0.367. The van der Waals surface area contributed by atoms with Crippen molar-refractivity contribution in [3.63, 3.8) is 0 Å². The smallest absolute Gasteiger partial charge is 0.262 e. The molecule has 0 aliphatic rings. The van der Waals surface area contributed by atoms with Gasteiger partial charge in [-0.05, 0) is 18.6 Å². The lowest BCUT2D eigenvalue weighted by molar-refractivity contribution is -0.116. The van der Waals surface area contributed by atoms with E-state index in [1.165, 1.54) is 29.3 Å². The second kappa shape index (κ2) is 8.03. The van der Waals surface area contributed by atoms with Crippen molar-refractivity contribution >= 4 is 39.9 Å². The first-order chi connectivity index (χ1) is 13.6. The number of carbonyl (C=O) groups excluding carboxylic acids is 1. The van der Waals surface area contributed by atoms with Crippen molar-refractivity contribution in [2.75, 3.05) is 5.75 Å². The molecule has 0 amide bonds. The molecule has 1 aromatic carbocycles. The summed E-state index contributed by atoms with van der Waals surface area (Å²) in [7, 11) is 0. The van der Waals surface area contributed by atoms with Crippen molar-refractivity contribution in [2.24, 2.45) is 0 Å². The molecular formula is C18H16N6O2S2. The van der Waals surface area contributed by atoms with Crippen molar-refractivity contribution < 1.29 is 4.79 Å². The number of ketones is 1. The number of hydrogen-bond donors (Lipinski definition) is 1. The minimum atomic E-state index is -0.279. The summed E-state index contributed by atoms with van der Waals surface area (Å²) < 4.78 is 1.62. The van der Waals surface area contributed by atoms with Gasteiger partial charge >= 0.3 is 0 Å². The van der Waals surface area contributed by atoms with E-state index in [1.807, 2.05) is 37.3 Å². The van der Waals surface area contributed by atoms with Crippen molar-refractivity contribution in [1.82, 2.24) is 29.9 Å². The molecule has 3 heterocycles. The van der Waals surface area contributed by atoms with E-state index in [4.69, 9.17) is 0 Å². The maximum absolute atomic E-state index is 12.4. The standard InChI is InChI=1S/C18H16N6O2S2/c1-2-14-22-23-15(28-14)8-12(25)10-27-18-20-16-13(17(26)21-18)9-19-24(16)11-6-4-3-5-7-11/h3-7,9H,2,8,10H2,1H3,(H,20,21,26). The number of nitrogens with one attached hydrogen (secondary N) is 1. The predicted molar refractivity (Wildman–Crippen MR) is 108 cm³/mol. The number of H-pyrrole nitrogens is 1. The lowest BCUT2D eigenvalue weighted by atomic mass is 10.3. The van der Waals surface area contributed by atoms with Gasteiger partial charge in [-0.1, -0.05) is 36.9 Å². The molecule has 0 bridgehead atoms. The largest absolute Gasteiger partial charge is 0.301 e. The van der Waals surface area contributed by atoms with Crippen LogP contribution in [0.4, 0.5) is 0 Å². The summed E-state index contributed by atoms with van der Waals surface area (Å²) >= 11 is 2.65. The first-order valence-electron chi connectivity index (χ1n) is 8.63. The molecule has 0 fully saturated rings. The van der Waals surface area contributed by atoms with Gasteiger partial charge < -0.3 is 4.98 Å². The third kappa shape index (κ3) is 3.87. The zero-order chi connectivity index (χ0) is 19.5. The van der Waals surface area contributed by atoms with Gasteiger partial charge in [0.2, 0.25) is 0 Å². The molecule has 1 N–H and O–H groups in total. The number of carbonyl (C=O) groups is 1. The van der Waals surface area contributed by atoms with Crippen molar-refractivity contribution in [1.29, 1.82) is 0 Å². The Hall–Kier alpha value is -2.85. The molecule has 0 aliphatic heterocycles. The molecule has 0 saturated heterocycles. The van der Waals surface area contributed by atoms with E-state index in [1.54, 1.807) is 4.68 Å². The Balaban J connectivity index is 1.52. The van der Waals surface area contributed by atoms with Crippen molar-refractivity contribution in [3.8, 4) is 5.69 Å². The molecule has 28 heavy (non-hydrogen) atoms. The first-order valence-corrected chi connectivity index (χ1v) is 10.4.